The summed E-state index contributed by atoms with van der Waals surface area (Å²) in [5, 5.41) is 36.2. The Bertz CT molecular complexity index is 2460. The van der Waals surface area contributed by atoms with Crippen molar-refractivity contribution in [1.82, 2.24) is 14.5 Å². The number of hydrogen-bond acceptors (Lipinski definition) is 6. The lowest BCUT2D eigenvalue weighted by Crippen LogP contribution is -2.32. The van der Waals surface area contributed by atoms with Gasteiger partial charge in [0.2, 0.25) is 5.95 Å². The lowest BCUT2D eigenvalue weighted by Gasteiger charge is -2.13. The molecule has 0 bridgehead atoms. The second-order valence-corrected chi connectivity index (χ2v) is 10.9. The molecule has 0 saturated heterocycles. The van der Waals surface area contributed by atoms with Crippen LogP contribution in [0.25, 0.3) is 71.8 Å². The van der Waals surface area contributed by atoms with E-state index in [9.17, 15) is 20.2 Å². The van der Waals surface area contributed by atoms with Crippen molar-refractivity contribution in [1.29, 1.82) is 0 Å². The van der Waals surface area contributed by atoms with E-state index in [1.807, 2.05) is 72.8 Å². The fourth-order valence-corrected chi connectivity index (χ4v) is 6.24. The molecule has 2 N–H and O–H groups in total. The van der Waals surface area contributed by atoms with Gasteiger partial charge in [-0.2, -0.15) is 0 Å². The van der Waals surface area contributed by atoms with Crippen LogP contribution in [0.5, 0.6) is 0 Å². The van der Waals surface area contributed by atoms with E-state index in [1.165, 1.54) is 12.1 Å². The molecule has 0 atom stereocenters. The predicted molar refractivity (Wildman–Crippen MR) is 179 cm³/mol. The Kier molecular flexibility index (Phi) is 6.16. The van der Waals surface area contributed by atoms with Crippen LogP contribution < -0.4 is 5.46 Å². The van der Waals surface area contributed by atoms with Crippen LogP contribution in [0.15, 0.2) is 127 Å². The number of nitro groups is 1. The van der Waals surface area contributed by atoms with Crippen LogP contribution in [-0.4, -0.2) is 36.6 Å². The van der Waals surface area contributed by atoms with Crippen molar-refractivity contribution in [2.45, 2.75) is 0 Å². The van der Waals surface area contributed by atoms with Gasteiger partial charge in [-0.25, -0.2) is 9.97 Å². The minimum absolute atomic E-state index is 0.162. The standard InChI is InChI=1S/C36H23BN4O4/c42-37(43)30-21-25(16-19-33(30)41(44)45)24-15-18-32-29(20-24)27-12-6-7-13-31(27)40(32)36-38-34(23-9-2-1-3-10-23)28-17-14-22-8-4-5-11-26(22)35(28)39-36/h1-21,42-43H. The van der Waals surface area contributed by atoms with Gasteiger partial charge in [0.05, 0.1) is 32.6 Å². The van der Waals surface area contributed by atoms with Crippen molar-refractivity contribution in [2.75, 3.05) is 0 Å². The van der Waals surface area contributed by atoms with Crippen LogP contribution in [0, 0.1) is 10.1 Å². The molecule has 2 heterocycles. The Morgan fingerprint density at radius 2 is 1.31 bits per heavy atom. The van der Waals surface area contributed by atoms with Crippen LogP contribution in [0.4, 0.5) is 5.69 Å². The summed E-state index contributed by atoms with van der Waals surface area (Å²) in [7, 11) is -1.98. The molecule has 8 rings (SSSR count). The van der Waals surface area contributed by atoms with E-state index in [0.717, 1.165) is 60.3 Å². The van der Waals surface area contributed by atoms with Gasteiger partial charge in [-0.1, -0.05) is 84.9 Å². The first-order valence-corrected chi connectivity index (χ1v) is 14.4. The first-order chi connectivity index (χ1) is 22.0. The Morgan fingerprint density at radius 1 is 0.622 bits per heavy atom. The van der Waals surface area contributed by atoms with E-state index in [4.69, 9.17) is 9.97 Å². The average molecular weight is 586 g/mol. The molecule has 214 valence electrons. The summed E-state index contributed by atoms with van der Waals surface area (Å²) in [5.41, 5.74) is 5.41. The molecule has 45 heavy (non-hydrogen) atoms. The number of hydrogen-bond donors (Lipinski definition) is 2. The number of nitro benzene ring substituents is 1. The molecule has 0 saturated carbocycles. The molecule has 0 aliphatic carbocycles. The molecule has 2 aromatic heterocycles. The summed E-state index contributed by atoms with van der Waals surface area (Å²) >= 11 is 0. The van der Waals surface area contributed by atoms with E-state index in [1.54, 1.807) is 6.07 Å². The third-order valence-corrected chi connectivity index (χ3v) is 8.33. The third-order valence-electron chi connectivity index (χ3n) is 8.33. The lowest BCUT2D eigenvalue weighted by atomic mass is 9.77. The fourth-order valence-electron chi connectivity index (χ4n) is 6.24. The number of benzene rings is 6. The quantitative estimate of drug-likeness (QED) is 0.0992. The molecule has 0 aliphatic rings. The van der Waals surface area contributed by atoms with Crippen molar-refractivity contribution < 1.29 is 15.0 Å². The van der Waals surface area contributed by atoms with Gasteiger partial charge in [0.15, 0.2) is 0 Å². The molecule has 0 aliphatic heterocycles. The number of nitrogens with zero attached hydrogens (tertiary/aromatic N) is 4. The number of para-hydroxylation sites is 1. The summed E-state index contributed by atoms with van der Waals surface area (Å²) in [6.07, 6.45) is 0. The minimum Gasteiger partial charge on any atom is -0.423 e. The second-order valence-electron chi connectivity index (χ2n) is 10.9. The van der Waals surface area contributed by atoms with Crippen molar-refractivity contribution in [3.8, 4) is 28.3 Å². The molecule has 0 unspecified atom stereocenters. The molecular formula is C36H23BN4O4. The maximum Gasteiger partial charge on any atom is 0.495 e. The van der Waals surface area contributed by atoms with Crippen molar-refractivity contribution in [3.63, 3.8) is 0 Å². The van der Waals surface area contributed by atoms with Gasteiger partial charge in [0.25, 0.3) is 5.69 Å². The van der Waals surface area contributed by atoms with Gasteiger partial charge in [0, 0.05) is 33.2 Å². The lowest BCUT2D eigenvalue weighted by molar-refractivity contribution is -0.383. The van der Waals surface area contributed by atoms with Crippen LogP contribution in [0.1, 0.15) is 0 Å². The number of aromatic nitrogens is 3. The van der Waals surface area contributed by atoms with E-state index in [0.29, 0.717) is 11.5 Å². The summed E-state index contributed by atoms with van der Waals surface area (Å²) in [6.45, 7) is 0. The van der Waals surface area contributed by atoms with Gasteiger partial charge in [0.1, 0.15) is 0 Å². The first-order valence-electron chi connectivity index (χ1n) is 14.4. The summed E-state index contributed by atoms with van der Waals surface area (Å²) in [6, 6.07) is 40.9. The van der Waals surface area contributed by atoms with Crippen LogP contribution in [0.3, 0.4) is 0 Å². The second kappa shape index (κ2) is 10.4. The Labute approximate surface area is 256 Å². The molecule has 0 fully saturated rings. The van der Waals surface area contributed by atoms with Crippen molar-refractivity contribution in [2.24, 2.45) is 0 Å². The zero-order valence-corrected chi connectivity index (χ0v) is 23.7. The van der Waals surface area contributed by atoms with Crippen LogP contribution in [0.2, 0.25) is 0 Å². The normalized spacial score (nSPS) is 11.5. The number of rotatable bonds is 5. The van der Waals surface area contributed by atoms with E-state index < -0.39 is 12.0 Å². The van der Waals surface area contributed by atoms with Crippen molar-refractivity contribution >= 4 is 61.7 Å². The molecule has 0 amide bonds. The topological polar surface area (TPSA) is 114 Å². The smallest absolute Gasteiger partial charge is 0.423 e. The minimum atomic E-state index is -1.98. The monoisotopic (exact) mass is 586 g/mol. The Balaban J connectivity index is 1.41. The highest BCUT2D eigenvalue weighted by Crippen LogP contribution is 2.37. The highest BCUT2D eigenvalue weighted by atomic mass is 16.6. The summed E-state index contributed by atoms with van der Waals surface area (Å²) < 4.78 is 2.07. The largest absolute Gasteiger partial charge is 0.495 e. The van der Waals surface area contributed by atoms with E-state index >= 15 is 0 Å². The summed E-state index contributed by atoms with van der Waals surface area (Å²) in [4.78, 5) is 21.2. The molecule has 6 aromatic carbocycles. The fraction of sp³-hybridized carbons (Fsp3) is 0. The molecule has 0 radical (unpaired) electrons. The van der Waals surface area contributed by atoms with Gasteiger partial charge < -0.3 is 10.0 Å². The molecule has 8 nitrogen and oxygen atoms in total. The third kappa shape index (κ3) is 4.33. The zero-order chi connectivity index (χ0) is 30.7. The average Bonchev–Trinajstić information content (AvgIpc) is 3.41. The molecule has 8 aromatic rings. The van der Waals surface area contributed by atoms with Crippen molar-refractivity contribution in [3.05, 3.63) is 138 Å². The van der Waals surface area contributed by atoms with Crippen LogP contribution >= 0.6 is 0 Å². The highest BCUT2D eigenvalue weighted by molar-refractivity contribution is 6.60. The van der Waals surface area contributed by atoms with Gasteiger partial charge >= 0.3 is 7.12 Å². The maximum absolute atomic E-state index is 11.5. The first kappa shape index (κ1) is 26.7. The predicted octanol–water partition coefficient (Wildman–Crippen LogP) is 6.80. The zero-order valence-electron chi connectivity index (χ0n) is 23.7. The number of fused-ring (bicyclic) bond motifs is 6. The molecular weight excluding hydrogens is 563 g/mol. The van der Waals surface area contributed by atoms with E-state index in [2.05, 4.69) is 41.0 Å². The SMILES string of the molecule is O=[N+]([O-])c1ccc(-c2ccc3c(c2)c2ccccc2n3-c2nc(-c3ccccc3)c3ccc4ccccc4c3n2)cc1B(O)O. The molecule has 9 heteroatoms. The van der Waals surface area contributed by atoms with E-state index in [-0.39, 0.29) is 11.2 Å². The highest BCUT2D eigenvalue weighted by Gasteiger charge is 2.25. The van der Waals surface area contributed by atoms with Gasteiger partial charge in [-0.05, 0) is 52.9 Å². The van der Waals surface area contributed by atoms with Crippen LogP contribution in [-0.2, 0) is 0 Å². The summed E-state index contributed by atoms with van der Waals surface area (Å²) in [5.74, 6) is 0.540. The van der Waals surface area contributed by atoms with Gasteiger partial charge in [-0.3, -0.25) is 14.7 Å². The Hall–Kier alpha value is -5.90. The molecule has 0 spiro atoms. The van der Waals surface area contributed by atoms with Gasteiger partial charge in [-0.15, -0.1) is 0 Å². The maximum atomic E-state index is 11.5. The Morgan fingerprint density at radius 3 is 2.11 bits per heavy atom.